The lowest BCUT2D eigenvalue weighted by Gasteiger charge is -2.30. The second kappa shape index (κ2) is 7.80. The molecule has 1 aliphatic rings. The summed E-state index contributed by atoms with van der Waals surface area (Å²) in [6, 6.07) is 0. The zero-order chi connectivity index (χ0) is 11.8. The Morgan fingerprint density at radius 3 is 2.38 bits per heavy atom. The minimum absolute atomic E-state index is 0.323. The molecule has 0 aromatic rings. The largest absolute Gasteiger partial charge is 0.396 e. The number of Topliss-reactive ketones (excluding diaryl/α,β-unsaturated/α-hetero) is 1. The van der Waals surface area contributed by atoms with Crippen molar-refractivity contribution in [2.24, 2.45) is 5.92 Å². The summed E-state index contributed by atoms with van der Waals surface area (Å²) in [6.07, 6.45) is 6.61. The van der Waals surface area contributed by atoms with Gasteiger partial charge in [0.25, 0.3) is 0 Å². The summed E-state index contributed by atoms with van der Waals surface area (Å²) in [5.74, 6) is 0.688. The Morgan fingerprint density at radius 1 is 1.19 bits per heavy atom. The fourth-order valence-electron chi connectivity index (χ4n) is 2.36. The number of rotatable bonds is 7. The van der Waals surface area contributed by atoms with Crippen LogP contribution in [0.1, 0.15) is 45.4 Å². The summed E-state index contributed by atoms with van der Waals surface area (Å²) in [7, 11) is 0. The monoisotopic (exact) mass is 227 g/mol. The minimum Gasteiger partial charge on any atom is -0.396 e. The van der Waals surface area contributed by atoms with Crippen LogP contribution in [0.25, 0.3) is 0 Å². The molecule has 0 spiro atoms. The molecule has 3 nitrogen and oxygen atoms in total. The zero-order valence-electron chi connectivity index (χ0n) is 10.5. The van der Waals surface area contributed by atoms with Crippen molar-refractivity contribution in [2.75, 3.05) is 26.2 Å². The van der Waals surface area contributed by atoms with Gasteiger partial charge in [-0.2, -0.15) is 0 Å². The number of nitrogens with zero attached hydrogens (tertiary/aromatic N) is 1. The maximum atomic E-state index is 11.2. The average molecular weight is 227 g/mol. The first kappa shape index (κ1) is 13.7. The highest BCUT2D eigenvalue weighted by Crippen LogP contribution is 2.18. The van der Waals surface area contributed by atoms with E-state index < -0.39 is 0 Å². The quantitative estimate of drug-likeness (QED) is 0.675. The van der Waals surface area contributed by atoms with Gasteiger partial charge in [0.15, 0.2) is 0 Å². The van der Waals surface area contributed by atoms with E-state index in [0.29, 0.717) is 18.3 Å². The highest BCUT2D eigenvalue weighted by atomic mass is 16.2. The van der Waals surface area contributed by atoms with Crippen molar-refractivity contribution in [1.29, 1.82) is 0 Å². The van der Waals surface area contributed by atoms with Gasteiger partial charge < -0.3 is 10.0 Å². The molecule has 16 heavy (non-hydrogen) atoms. The van der Waals surface area contributed by atoms with Crippen molar-refractivity contribution < 1.29 is 9.90 Å². The van der Waals surface area contributed by atoms with Crippen LogP contribution < -0.4 is 0 Å². The van der Waals surface area contributed by atoms with Crippen molar-refractivity contribution in [3.63, 3.8) is 0 Å². The number of hydrogen-bond donors (Lipinski definition) is 1. The molecular weight excluding hydrogens is 202 g/mol. The van der Waals surface area contributed by atoms with Gasteiger partial charge in [-0.05, 0) is 52.2 Å². The average Bonchev–Trinajstić information content (AvgIpc) is 2.29. The highest BCUT2D eigenvalue weighted by molar-refractivity contribution is 5.78. The number of piperidine rings is 1. The lowest BCUT2D eigenvalue weighted by molar-refractivity contribution is -0.122. The number of carbonyl (C=O) groups is 1. The van der Waals surface area contributed by atoms with E-state index in [-0.39, 0.29) is 0 Å². The fraction of sp³-hybridized carbons (Fsp3) is 0.923. The molecule has 0 aromatic heterocycles. The van der Waals surface area contributed by atoms with Crippen molar-refractivity contribution in [3.8, 4) is 0 Å². The molecule has 0 atom stereocenters. The van der Waals surface area contributed by atoms with Crippen LogP contribution >= 0.6 is 0 Å². The Balaban J connectivity index is 2.02. The van der Waals surface area contributed by atoms with E-state index in [0.717, 1.165) is 45.3 Å². The second-order valence-electron chi connectivity index (χ2n) is 4.86. The molecule has 1 saturated heterocycles. The van der Waals surface area contributed by atoms with E-state index in [1.54, 1.807) is 6.92 Å². The van der Waals surface area contributed by atoms with E-state index in [4.69, 9.17) is 5.11 Å². The SMILES string of the molecule is CC(=O)C1CCN(CCCCCCO)CC1. The molecule has 3 heteroatoms. The van der Waals surface area contributed by atoms with Gasteiger partial charge in [0.1, 0.15) is 5.78 Å². The summed E-state index contributed by atoms with van der Waals surface area (Å²) >= 11 is 0. The zero-order valence-corrected chi connectivity index (χ0v) is 10.5. The first-order chi connectivity index (χ1) is 7.74. The molecule has 0 radical (unpaired) electrons. The third-order valence-corrected chi connectivity index (χ3v) is 3.54. The van der Waals surface area contributed by atoms with Gasteiger partial charge in [-0.15, -0.1) is 0 Å². The molecule has 94 valence electrons. The molecule has 1 N–H and O–H groups in total. The third-order valence-electron chi connectivity index (χ3n) is 3.54. The van der Waals surface area contributed by atoms with Gasteiger partial charge in [-0.1, -0.05) is 12.8 Å². The maximum absolute atomic E-state index is 11.2. The van der Waals surface area contributed by atoms with Gasteiger partial charge in [0.05, 0.1) is 0 Å². The number of carbonyl (C=O) groups excluding carboxylic acids is 1. The van der Waals surface area contributed by atoms with Crippen molar-refractivity contribution in [1.82, 2.24) is 4.90 Å². The lowest BCUT2D eigenvalue weighted by atomic mass is 9.93. The highest BCUT2D eigenvalue weighted by Gasteiger charge is 2.21. The molecule has 0 aromatic carbocycles. The Bertz CT molecular complexity index is 198. The molecular formula is C13H25NO2. The van der Waals surface area contributed by atoms with Crippen LogP contribution in [0.5, 0.6) is 0 Å². The Hall–Kier alpha value is -0.410. The van der Waals surface area contributed by atoms with Crippen molar-refractivity contribution in [3.05, 3.63) is 0 Å². The fourth-order valence-corrected chi connectivity index (χ4v) is 2.36. The van der Waals surface area contributed by atoms with Crippen LogP contribution in [0.15, 0.2) is 0 Å². The normalized spacial score (nSPS) is 18.9. The Morgan fingerprint density at radius 2 is 1.81 bits per heavy atom. The van der Waals surface area contributed by atoms with Gasteiger partial charge in [0, 0.05) is 12.5 Å². The first-order valence-electron chi connectivity index (χ1n) is 6.57. The standard InChI is InChI=1S/C13H25NO2/c1-12(16)13-6-9-14(10-7-13)8-4-2-3-5-11-15/h13,15H,2-11H2,1H3. The maximum Gasteiger partial charge on any atom is 0.133 e. The molecule has 0 bridgehead atoms. The number of aliphatic hydroxyl groups excluding tert-OH is 1. The second-order valence-corrected chi connectivity index (χ2v) is 4.86. The molecule has 1 fully saturated rings. The summed E-state index contributed by atoms with van der Waals surface area (Å²) in [5.41, 5.74) is 0. The number of hydrogen-bond acceptors (Lipinski definition) is 3. The van der Waals surface area contributed by atoms with Crippen LogP contribution in [0.2, 0.25) is 0 Å². The number of ketones is 1. The summed E-state index contributed by atoms with van der Waals surface area (Å²) < 4.78 is 0. The van der Waals surface area contributed by atoms with Crippen LogP contribution in [0, 0.1) is 5.92 Å². The molecule has 0 aliphatic carbocycles. The Labute approximate surface area is 98.8 Å². The predicted molar refractivity (Wildman–Crippen MR) is 65.4 cm³/mol. The minimum atomic E-state index is 0.323. The number of unbranched alkanes of at least 4 members (excludes halogenated alkanes) is 3. The van der Waals surface area contributed by atoms with Crippen molar-refractivity contribution in [2.45, 2.75) is 45.4 Å². The smallest absolute Gasteiger partial charge is 0.133 e. The number of aliphatic hydroxyl groups is 1. The van der Waals surface area contributed by atoms with Gasteiger partial charge >= 0.3 is 0 Å². The van der Waals surface area contributed by atoms with Gasteiger partial charge in [-0.3, -0.25) is 4.79 Å². The van der Waals surface area contributed by atoms with E-state index in [1.165, 1.54) is 12.8 Å². The molecule has 1 rings (SSSR count). The predicted octanol–water partition coefficient (Wildman–Crippen LogP) is 1.84. The van der Waals surface area contributed by atoms with Gasteiger partial charge in [-0.25, -0.2) is 0 Å². The van der Waals surface area contributed by atoms with E-state index in [2.05, 4.69) is 4.90 Å². The van der Waals surface area contributed by atoms with Crippen LogP contribution in [-0.4, -0.2) is 42.0 Å². The van der Waals surface area contributed by atoms with Crippen LogP contribution in [0.3, 0.4) is 0 Å². The molecule has 1 aliphatic heterocycles. The molecule has 0 amide bonds. The van der Waals surface area contributed by atoms with Gasteiger partial charge in [0.2, 0.25) is 0 Å². The summed E-state index contributed by atoms with van der Waals surface area (Å²) in [4.78, 5) is 13.7. The molecule has 0 saturated carbocycles. The number of likely N-dealkylation sites (tertiary alicyclic amines) is 1. The molecule has 0 unspecified atom stereocenters. The third kappa shape index (κ3) is 5.08. The van der Waals surface area contributed by atoms with Crippen LogP contribution in [0.4, 0.5) is 0 Å². The lowest BCUT2D eigenvalue weighted by Crippen LogP contribution is -2.36. The summed E-state index contributed by atoms with van der Waals surface area (Å²) in [6.45, 7) is 5.38. The summed E-state index contributed by atoms with van der Waals surface area (Å²) in [5, 5.41) is 8.65. The van der Waals surface area contributed by atoms with Crippen molar-refractivity contribution >= 4 is 5.78 Å². The topological polar surface area (TPSA) is 40.5 Å². The van der Waals surface area contributed by atoms with E-state index in [1.807, 2.05) is 0 Å². The first-order valence-corrected chi connectivity index (χ1v) is 6.57. The Kier molecular flexibility index (Phi) is 6.65. The van der Waals surface area contributed by atoms with E-state index >= 15 is 0 Å². The van der Waals surface area contributed by atoms with E-state index in [9.17, 15) is 4.79 Å². The van der Waals surface area contributed by atoms with Crippen LogP contribution in [-0.2, 0) is 4.79 Å². The molecule has 1 heterocycles.